The van der Waals surface area contributed by atoms with Crippen molar-refractivity contribution >= 4 is 5.71 Å². The van der Waals surface area contributed by atoms with Crippen molar-refractivity contribution in [1.29, 1.82) is 5.41 Å². The Morgan fingerprint density at radius 3 is 2.58 bits per heavy atom. The van der Waals surface area contributed by atoms with Crippen molar-refractivity contribution in [2.75, 3.05) is 0 Å². The van der Waals surface area contributed by atoms with E-state index in [1.165, 1.54) is 0 Å². The van der Waals surface area contributed by atoms with Gasteiger partial charge >= 0.3 is 0 Å². The molecule has 0 fully saturated rings. The summed E-state index contributed by atoms with van der Waals surface area (Å²) in [6, 6.07) is 22.2. The second-order valence-corrected chi connectivity index (χ2v) is 5.44. The highest BCUT2D eigenvalue weighted by molar-refractivity contribution is 6.07. The van der Waals surface area contributed by atoms with Crippen LogP contribution in [-0.4, -0.2) is 10.7 Å². The van der Waals surface area contributed by atoms with E-state index in [0.29, 0.717) is 12.3 Å². The molecular formula is C21H19N3. The molecule has 0 aliphatic carbocycles. The van der Waals surface area contributed by atoms with Crippen molar-refractivity contribution in [3.8, 4) is 11.1 Å². The lowest BCUT2D eigenvalue weighted by Gasteiger charge is -2.05. The first kappa shape index (κ1) is 15.7. The van der Waals surface area contributed by atoms with Crippen LogP contribution in [0.2, 0.25) is 0 Å². The van der Waals surface area contributed by atoms with Crippen LogP contribution in [0.15, 0.2) is 91.4 Å². The summed E-state index contributed by atoms with van der Waals surface area (Å²) in [5.74, 6) is 0. The van der Waals surface area contributed by atoms with Gasteiger partial charge < -0.3 is 10.7 Å². The zero-order valence-corrected chi connectivity index (χ0v) is 13.3. The standard InChI is InChI=1S/C21H19N3/c22-21(11-13-24-16-17-6-5-12-23-15-17)20-10-4-9-19(14-20)18-7-2-1-3-8-18/h1-15,22,24H,16H2/b13-11-,22-21?. The number of nitrogens with one attached hydrogen (secondary N) is 2. The molecule has 0 aliphatic heterocycles. The first-order chi connectivity index (χ1) is 11.8. The van der Waals surface area contributed by atoms with E-state index < -0.39 is 0 Å². The monoisotopic (exact) mass is 313 g/mol. The number of nitrogens with zero attached hydrogens (tertiary/aromatic N) is 1. The van der Waals surface area contributed by atoms with Crippen LogP contribution < -0.4 is 5.32 Å². The van der Waals surface area contributed by atoms with E-state index in [1.54, 1.807) is 12.3 Å². The van der Waals surface area contributed by atoms with Gasteiger partial charge in [-0.1, -0.05) is 54.6 Å². The predicted octanol–water partition coefficient (Wildman–Crippen LogP) is 4.42. The lowest BCUT2D eigenvalue weighted by Crippen LogP contribution is -2.06. The second-order valence-electron chi connectivity index (χ2n) is 5.44. The van der Waals surface area contributed by atoms with Gasteiger partial charge in [-0.05, 0) is 41.1 Å². The van der Waals surface area contributed by atoms with Crippen LogP contribution in [0.4, 0.5) is 0 Å². The average Bonchev–Trinajstić information content (AvgIpc) is 2.67. The number of benzene rings is 2. The van der Waals surface area contributed by atoms with E-state index in [4.69, 9.17) is 5.41 Å². The molecule has 3 heteroatoms. The normalized spacial score (nSPS) is 10.7. The topological polar surface area (TPSA) is 48.8 Å². The third-order valence-corrected chi connectivity index (χ3v) is 3.68. The highest BCUT2D eigenvalue weighted by atomic mass is 14.8. The lowest BCUT2D eigenvalue weighted by atomic mass is 10.0. The Morgan fingerprint density at radius 1 is 0.958 bits per heavy atom. The van der Waals surface area contributed by atoms with Crippen molar-refractivity contribution in [3.63, 3.8) is 0 Å². The van der Waals surface area contributed by atoms with Crippen molar-refractivity contribution in [2.45, 2.75) is 6.54 Å². The zero-order chi connectivity index (χ0) is 16.6. The maximum atomic E-state index is 8.23. The molecule has 24 heavy (non-hydrogen) atoms. The summed E-state index contributed by atoms with van der Waals surface area (Å²) in [4.78, 5) is 4.08. The van der Waals surface area contributed by atoms with Gasteiger partial charge in [-0.25, -0.2) is 0 Å². The quantitative estimate of drug-likeness (QED) is 0.662. The van der Waals surface area contributed by atoms with Crippen molar-refractivity contribution in [2.24, 2.45) is 0 Å². The molecule has 3 rings (SSSR count). The summed E-state index contributed by atoms with van der Waals surface area (Å²) < 4.78 is 0. The molecule has 1 aromatic heterocycles. The fourth-order valence-electron chi connectivity index (χ4n) is 2.41. The van der Waals surface area contributed by atoms with E-state index in [9.17, 15) is 0 Å². The first-order valence-electron chi connectivity index (χ1n) is 7.86. The summed E-state index contributed by atoms with van der Waals surface area (Å²) in [7, 11) is 0. The molecule has 1 heterocycles. The first-order valence-corrected chi connectivity index (χ1v) is 7.86. The average molecular weight is 313 g/mol. The number of pyridine rings is 1. The Bertz CT molecular complexity index is 824. The molecule has 0 atom stereocenters. The van der Waals surface area contributed by atoms with Crippen molar-refractivity contribution in [1.82, 2.24) is 10.3 Å². The molecule has 0 amide bonds. The number of allylic oxidation sites excluding steroid dienone is 1. The Hall–Kier alpha value is -3.20. The summed E-state index contributed by atoms with van der Waals surface area (Å²) in [6.45, 7) is 0.696. The third kappa shape index (κ3) is 4.17. The summed E-state index contributed by atoms with van der Waals surface area (Å²) >= 11 is 0. The van der Waals surface area contributed by atoms with Gasteiger partial charge in [0, 0.05) is 24.5 Å². The van der Waals surface area contributed by atoms with Gasteiger partial charge in [-0.15, -0.1) is 0 Å². The Morgan fingerprint density at radius 2 is 1.79 bits per heavy atom. The largest absolute Gasteiger partial charge is 0.387 e. The molecule has 2 N–H and O–H groups in total. The van der Waals surface area contributed by atoms with Gasteiger partial charge in [0.1, 0.15) is 0 Å². The van der Waals surface area contributed by atoms with Crippen LogP contribution in [0.5, 0.6) is 0 Å². The van der Waals surface area contributed by atoms with Gasteiger partial charge in [-0.2, -0.15) is 0 Å². The molecule has 3 aromatic rings. The third-order valence-electron chi connectivity index (χ3n) is 3.68. The molecule has 0 saturated heterocycles. The second kappa shape index (κ2) is 7.88. The van der Waals surface area contributed by atoms with E-state index >= 15 is 0 Å². The molecule has 2 aromatic carbocycles. The van der Waals surface area contributed by atoms with Crippen LogP contribution in [0.1, 0.15) is 11.1 Å². The number of aromatic nitrogens is 1. The maximum absolute atomic E-state index is 8.23. The van der Waals surface area contributed by atoms with E-state index in [-0.39, 0.29) is 0 Å². The molecule has 0 saturated carbocycles. The van der Waals surface area contributed by atoms with Crippen LogP contribution in [0.3, 0.4) is 0 Å². The van der Waals surface area contributed by atoms with Crippen LogP contribution >= 0.6 is 0 Å². The van der Waals surface area contributed by atoms with E-state index in [1.807, 2.05) is 60.9 Å². The minimum absolute atomic E-state index is 0.478. The molecule has 0 radical (unpaired) electrons. The van der Waals surface area contributed by atoms with Gasteiger partial charge in [0.05, 0.1) is 5.71 Å². The van der Waals surface area contributed by atoms with Gasteiger partial charge in [0.2, 0.25) is 0 Å². The van der Waals surface area contributed by atoms with Crippen molar-refractivity contribution in [3.05, 3.63) is 103 Å². The molecule has 0 bridgehead atoms. The summed E-state index contributed by atoms with van der Waals surface area (Å²) in [6.07, 6.45) is 7.18. The molecular weight excluding hydrogens is 294 g/mol. The van der Waals surface area contributed by atoms with Gasteiger partial charge in [0.15, 0.2) is 0 Å². The Kier molecular flexibility index (Phi) is 5.15. The van der Waals surface area contributed by atoms with E-state index in [2.05, 4.69) is 28.5 Å². The molecule has 0 spiro atoms. The van der Waals surface area contributed by atoms with Gasteiger partial charge in [-0.3, -0.25) is 4.98 Å². The zero-order valence-electron chi connectivity index (χ0n) is 13.3. The molecule has 0 aliphatic rings. The summed E-state index contributed by atoms with van der Waals surface area (Å²) in [5, 5.41) is 11.4. The molecule has 0 unspecified atom stereocenters. The van der Waals surface area contributed by atoms with E-state index in [0.717, 1.165) is 22.3 Å². The molecule has 118 valence electrons. The van der Waals surface area contributed by atoms with Crippen LogP contribution in [0, 0.1) is 5.41 Å². The van der Waals surface area contributed by atoms with Gasteiger partial charge in [0.25, 0.3) is 0 Å². The molecule has 3 nitrogen and oxygen atoms in total. The minimum atomic E-state index is 0.478. The summed E-state index contributed by atoms with van der Waals surface area (Å²) in [5.41, 5.74) is 4.77. The number of hydrogen-bond acceptors (Lipinski definition) is 3. The highest BCUT2D eigenvalue weighted by Gasteiger charge is 2.01. The maximum Gasteiger partial charge on any atom is 0.0626 e. The van der Waals surface area contributed by atoms with Crippen LogP contribution in [0.25, 0.3) is 11.1 Å². The van der Waals surface area contributed by atoms with Crippen molar-refractivity contribution < 1.29 is 0 Å². The highest BCUT2D eigenvalue weighted by Crippen LogP contribution is 2.20. The fraction of sp³-hybridized carbons (Fsp3) is 0.0476. The Balaban J connectivity index is 1.64. The smallest absolute Gasteiger partial charge is 0.0626 e. The predicted molar refractivity (Wildman–Crippen MR) is 98.9 cm³/mol. The Labute approximate surface area is 142 Å². The SMILES string of the molecule is N=C(/C=C\NCc1cccnc1)c1cccc(-c2ccccc2)c1. The number of hydrogen-bond donors (Lipinski definition) is 2. The fourth-order valence-corrected chi connectivity index (χ4v) is 2.41. The lowest BCUT2D eigenvalue weighted by molar-refractivity contribution is 0.864. The van der Waals surface area contributed by atoms with Crippen LogP contribution in [-0.2, 0) is 6.54 Å². The minimum Gasteiger partial charge on any atom is -0.387 e. The number of rotatable bonds is 6.